The molecule has 3 aromatic rings. The van der Waals surface area contributed by atoms with Crippen molar-refractivity contribution in [2.24, 2.45) is 0 Å². The number of halogens is 2. The average molecular weight is 432 g/mol. The zero-order chi connectivity index (χ0) is 22.8. The molecule has 1 amide bonds. The number of hydrogen-bond acceptors (Lipinski definition) is 3. The van der Waals surface area contributed by atoms with Crippen molar-refractivity contribution in [2.45, 2.75) is 24.9 Å². The third-order valence-electron chi connectivity index (χ3n) is 5.72. The van der Waals surface area contributed by atoms with Crippen LogP contribution in [0.4, 0.5) is 8.78 Å². The topological polar surface area (TPSA) is 81.4 Å². The van der Waals surface area contributed by atoms with Gasteiger partial charge in [-0.1, -0.05) is 36.4 Å². The minimum absolute atomic E-state index is 0.0863. The van der Waals surface area contributed by atoms with E-state index < -0.39 is 35.6 Å². The number of amides is 1. The molecule has 0 radical (unpaired) electrons. The van der Waals surface area contributed by atoms with E-state index in [0.29, 0.717) is 17.5 Å². The molecule has 0 aliphatic carbocycles. The smallest absolute Gasteiger partial charge is 0.326 e. The maximum absolute atomic E-state index is 14.4. The van der Waals surface area contributed by atoms with Gasteiger partial charge in [-0.05, 0) is 54.3 Å². The van der Waals surface area contributed by atoms with Crippen LogP contribution in [0.1, 0.15) is 40.4 Å². The van der Waals surface area contributed by atoms with Crippen LogP contribution < -0.4 is 0 Å². The fourth-order valence-corrected chi connectivity index (χ4v) is 4.13. The minimum Gasteiger partial charge on any atom is -0.480 e. The van der Waals surface area contributed by atoms with Crippen molar-refractivity contribution in [3.8, 4) is 17.2 Å². The summed E-state index contributed by atoms with van der Waals surface area (Å²) in [5, 5.41) is 18.7. The van der Waals surface area contributed by atoms with Crippen LogP contribution >= 0.6 is 0 Å². The molecule has 0 spiro atoms. The molecule has 3 aromatic carbocycles. The first kappa shape index (κ1) is 21.2. The van der Waals surface area contributed by atoms with Crippen LogP contribution in [0.5, 0.6) is 0 Å². The van der Waals surface area contributed by atoms with Crippen molar-refractivity contribution < 1.29 is 23.5 Å². The summed E-state index contributed by atoms with van der Waals surface area (Å²) in [5.74, 6) is -2.74. The highest BCUT2D eigenvalue weighted by Crippen LogP contribution is 2.38. The van der Waals surface area contributed by atoms with E-state index >= 15 is 0 Å². The highest BCUT2D eigenvalue weighted by atomic mass is 19.1. The third kappa shape index (κ3) is 3.83. The maximum atomic E-state index is 14.4. The van der Waals surface area contributed by atoms with Gasteiger partial charge in [-0.2, -0.15) is 5.26 Å². The van der Waals surface area contributed by atoms with E-state index in [4.69, 9.17) is 5.26 Å². The van der Waals surface area contributed by atoms with E-state index in [9.17, 15) is 23.5 Å². The molecule has 1 aliphatic rings. The Kier molecular flexibility index (Phi) is 5.69. The van der Waals surface area contributed by atoms with Gasteiger partial charge in [0.15, 0.2) is 0 Å². The van der Waals surface area contributed by atoms with E-state index in [1.165, 1.54) is 29.2 Å². The summed E-state index contributed by atoms with van der Waals surface area (Å²) in [6, 6.07) is 16.6. The molecule has 160 valence electrons. The van der Waals surface area contributed by atoms with Crippen LogP contribution in [0.25, 0.3) is 11.1 Å². The molecular weight excluding hydrogens is 414 g/mol. The summed E-state index contributed by atoms with van der Waals surface area (Å²) < 4.78 is 28.0. The number of nitrogens with zero attached hydrogens (tertiary/aromatic N) is 2. The number of carbonyl (C=O) groups excluding carboxylic acids is 1. The Morgan fingerprint density at radius 2 is 1.62 bits per heavy atom. The van der Waals surface area contributed by atoms with E-state index in [-0.39, 0.29) is 23.1 Å². The highest BCUT2D eigenvalue weighted by Gasteiger charge is 2.42. The van der Waals surface area contributed by atoms with Gasteiger partial charge in [0, 0.05) is 11.1 Å². The predicted molar refractivity (Wildman–Crippen MR) is 113 cm³/mol. The lowest BCUT2D eigenvalue weighted by molar-refractivity contribution is -0.141. The van der Waals surface area contributed by atoms with Gasteiger partial charge in [0.25, 0.3) is 5.91 Å². The second-order valence-corrected chi connectivity index (χ2v) is 7.56. The number of likely N-dealkylation sites (tertiary alicyclic amines) is 1. The third-order valence-corrected chi connectivity index (χ3v) is 5.72. The van der Waals surface area contributed by atoms with Crippen LogP contribution in [-0.4, -0.2) is 27.9 Å². The molecule has 32 heavy (non-hydrogen) atoms. The Bertz CT molecular complexity index is 1230. The standard InChI is InChI=1S/C25H18F2N2O3/c26-20-10-9-17(13-18(20)14-28)15-5-7-16(8-6-15)24(30)29-22(11-12-23(29)25(31)32)19-3-1-2-4-21(19)27/h1-10,13,22-23H,11-12H2,(H,31,32)/t22-,23+/m1/s1. The Morgan fingerprint density at radius 1 is 0.938 bits per heavy atom. The molecule has 1 saturated heterocycles. The summed E-state index contributed by atoms with van der Waals surface area (Å²) in [6.07, 6.45) is 0.568. The Labute approximate surface area is 183 Å². The second kappa shape index (κ2) is 8.60. The fraction of sp³-hybridized carbons (Fsp3) is 0.160. The minimum atomic E-state index is -1.14. The Balaban J connectivity index is 1.66. The first-order valence-corrected chi connectivity index (χ1v) is 10.0. The van der Waals surface area contributed by atoms with Crippen molar-refractivity contribution in [3.63, 3.8) is 0 Å². The average Bonchev–Trinajstić information content (AvgIpc) is 3.24. The number of rotatable bonds is 4. The SMILES string of the molecule is N#Cc1cc(-c2ccc(C(=O)N3[C@@H](c4ccccc4F)CC[C@H]3C(=O)O)cc2)ccc1F. The van der Waals surface area contributed by atoms with Crippen molar-refractivity contribution in [3.05, 3.63) is 95.1 Å². The molecule has 1 fully saturated rings. The lowest BCUT2D eigenvalue weighted by atomic mass is 10.0. The van der Waals surface area contributed by atoms with Crippen molar-refractivity contribution >= 4 is 11.9 Å². The summed E-state index contributed by atoms with van der Waals surface area (Å²) in [7, 11) is 0. The highest BCUT2D eigenvalue weighted by molar-refractivity contribution is 5.97. The molecule has 5 nitrogen and oxygen atoms in total. The first-order valence-electron chi connectivity index (χ1n) is 10.0. The zero-order valence-corrected chi connectivity index (χ0v) is 16.8. The quantitative estimate of drug-likeness (QED) is 0.634. The molecule has 1 aliphatic heterocycles. The molecule has 0 saturated carbocycles. The van der Waals surface area contributed by atoms with E-state index in [1.807, 2.05) is 0 Å². The molecular formula is C25H18F2N2O3. The largest absolute Gasteiger partial charge is 0.480 e. The lowest BCUT2D eigenvalue weighted by Gasteiger charge is -2.29. The summed E-state index contributed by atoms with van der Waals surface area (Å²) in [4.78, 5) is 26.3. The van der Waals surface area contributed by atoms with E-state index in [2.05, 4.69) is 0 Å². The molecule has 1 N–H and O–H groups in total. The van der Waals surface area contributed by atoms with E-state index in [0.717, 1.165) is 0 Å². The first-order chi connectivity index (χ1) is 15.4. The second-order valence-electron chi connectivity index (χ2n) is 7.56. The van der Waals surface area contributed by atoms with Crippen LogP contribution in [0.2, 0.25) is 0 Å². The van der Waals surface area contributed by atoms with Crippen LogP contribution in [0, 0.1) is 23.0 Å². The van der Waals surface area contributed by atoms with Gasteiger partial charge in [0.1, 0.15) is 23.7 Å². The molecule has 4 rings (SSSR count). The van der Waals surface area contributed by atoms with Gasteiger partial charge in [-0.3, -0.25) is 4.79 Å². The lowest BCUT2D eigenvalue weighted by Crippen LogP contribution is -2.42. The van der Waals surface area contributed by atoms with Gasteiger partial charge in [0.05, 0.1) is 11.6 Å². The van der Waals surface area contributed by atoms with Gasteiger partial charge >= 0.3 is 5.97 Å². The Morgan fingerprint density at radius 3 is 2.28 bits per heavy atom. The van der Waals surface area contributed by atoms with Gasteiger partial charge in [-0.15, -0.1) is 0 Å². The number of carboxylic acids is 1. The number of carbonyl (C=O) groups is 2. The number of benzene rings is 3. The van der Waals surface area contributed by atoms with Gasteiger partial charge in [0.2, 0.25) is 0 Å². The normalized spacial score (nSPS) is 17.7. The molecule has 2 atom stereocenters. The fourth-order valence-electron chi connectivity index (χ4n) is 4.13. The van der Waals surface area contributed by atoms with Crippen LogP contribution in [0.3, 0.4) is 0 Å². The molecule has 1 heterocycles. The monoisotopic (exact) mass is 432 g/mol. The number of hydrogen-bond donors (Lipinski definition) is 1. The zero-order valence-electron chi connectivity index (χ0n) is 16.8. The maximum Gasteiger partial charge on any atom is 0.326 e. The molecule has 0 aromatic heterocycles. The van der Waals surface area contributed by atoms with Gasteiger partial charge < -0.3 is 10.0 Å². The molecule has 7 heteroatoms. The van der Waals surface area contributed by atoms with Crippen molar-refractivity contribution in [2.75, 3.05) is 0 Å². The molecule has 0 bridgehead atoms. The van der Waals surface area contributed by atoms with Crippen molar-refractivity contribution in [1.82, 2.24) is 4.90 Å². The molecule has 0 unspecified atom stereocenters. The van der Waals surface area contributed by atoms with E-state index in [1.54, 1.807) is 48.5 Å². The van der Waals surface area contributed by atoms with Gasteiger partial charge in [-0.25, -0.2) is 13.6 Å². The van der Waals surface area contributed by atoms with Crippen molar-refractivity contribution in [1.29, 1.82) is 5.26 Å². The summed E-state index contributed by atoms with van der Waals surface area (Å²) in [6.45, 7) is 0. The van der Waals surface area contributed by atoms with Crippen LogP contribution in [-0.2, 0) is 4.79 Å². The summed E-state index contributed by atoms with van der Waals surface area (Å²) >= 11 is 0. The number of aliphatic carboxylic acids is 1. The Hall–Kier alpha value is -4.05. The number of nitriles is 1. The number of carboxylic acid groups (broad SMARTS) is 1. The van der Waals surface area contributed by atoms with Crippen LogP contribution in [0.15, 0.2) is 66.7 Å². The summed E-state index contributed by atoms with van der Waals surface area (Å²) in [5.41, 5.74) is 1.73. The predicted octanol–water partition coefficient (Wildman–Crippen LogP) is 4.93.